The van der Waals surface area contributed by atoms with E-state index in [1.807, 2.05) is 0 Å². The third kappa shape index (κ3) is 6.25. The number of ether oxygens (including phenoxy) is 2. The predicted octanol–water partition coefficient (Wildman–Crippen LogP) is 4.05. The van der Waals surface area contributed by atoms with Crippen LogP contribution in [0, 0.1) is 0 Å². The minimum Gasteiger partial charge on any atom is -0.376 e. The van der Waals surface area contributed by atoms with Crippen molar-refractivity contribution in [2.24, 2.45) is 0 Å². The molecule has 0 aromatic rings. The fourth-order valence-electron chi connectivity index (χ4n) is 3.38. The third-order valence-corrected chi connectivity index (χ3v) is 4.81. The van der Waals surface area contributed by atoms with Crippen LogP contribution in [0.25, 0.3) is 0 Å². The van der Waals surface area contributed by atoms with Crippen molar-refractivity contribution < 1.29 is 9.47 Å². The van der Waals surface area contributed by atoms with Gasteiger partial charge in [0.05, 0.1) is 18.3 Å². The molecule has 124 valence electrons. The first kappa shape index (κ1) is 17.2. The lowest BCUT2D eigenvalue weighted by Gasteiger charge is -2.38. The van der Waals surface area contributed by atoms with Gasteiger partial charge in [0.15, 0.2) is 0 Å². The fraction of sp³-hybridized carbons (Fsp3) is 1.00. The van der Waals surface area contributed by atoms with E-state index in [1.165, 1.54) is 57.8 Å². The molecule has 0 aromatic heterocycles. The van der Waals surface area contributed by atoms with Crippen LogP contribution in [-0.2, 0) is 9.47 Å². The highest BCUT2D eigenvalue weighted by Gasteiger charge is 2.34. The molecule has 1 N–H and O–H groups in total. The van der Waals surface area contributed by atoms with E-state index in [0.717, 1.165) is 19.8 Å². The molecule has 1 aliphatic carbocycles. The quantitative estimate of drug-likeness (QED) is 0.776. The molecule has 2 aliphatic rings. The molecule has 1 aliphatic heterocycles. The normalized spacial score (nSPS) is 27.3. The highest BCUT2D eigenvalue weighted by Crippen LogP contribution is 2.31. The number of hydrogen-bond donors (Lipinski definition) is 1. The smallest absolute Gasteiger partial charge is 0.0808 e. The summed E-state index contributed by atoms with van der Waals surface area (Å²) < 4.78 is 12.3. The van der Waals surface area contributed by atoms with Crippen LogP contribution in [0.1, 0.15) is 78.6 Å². The average Bonchev–Trinajstić information content (AvgIpc) is 2.70. The van der Waals surface area contributed by atoms with E-state index in [9.17, 15) is 0 Å². The lowest BCUT2D eigenvalue weighted by atomic mass is 9.92. The Morgan fingerprint density at radius 2 is 1.76 bits per heavy atom. The average molecular weight is 297 g/mol. The molecule has 1 atom stereocenters. The summed E-state index contributed by atoms with van der Waals surface area (Å²) in [6, 6.07) is 0. The van der Waals surface area contributed by atoms with Crippen LogP contribution < -0.4 is 5.32 Å². The van der Waals surface area contributed by atoms with Gasteiger partial charge in [-0.1, -0.05) is 25.7 Å². The molecule has 0 aromatic carbocycles. The van der Waals surface area contributed by atoms with Gasteiger partial charge in [0.25, 0.3) is 0 Å². The molecule has 0 bridgehead atoms. The molecule has 3 heteroatoms. The van der Waals surface area contributed by atoms with Crippen molar-refractivity contribution in [2.75, 3.05) is 19.8 Å². The van der Waals surface area contributed by atoms with E-state index < -0.39 is 0 Å². The summed E-state index contributed by atoms with van der Waals surface area (Å²) >= 11 is 0. The van der Waals surface area contributed by atoms with Gasteiger partial charge in [0.1, 0.15) is 0 Å². The number of hydrogen-bond acceptors (Lipinski definition) is 3. The van der Waals surface area contributed by atoms with Crippen molar-refractivity contribution in [1.29, 1.82) is 0 Å². The van der Waals surface area contributed by atoms with Gasteiger partial charge in [0.2, 0.25) is 0 Å². The number of rotatable bonds is 5. The van der Waals surface area contributed by atoms with Crippen LogP contribution in [0.2, 0.25) is 0 Å². The van der Waals surface area contributed by atoms with Gasteiger partial charge in [-0.25, -0.2) is 0 Å². The van der Waals surface area contributed by atoms with Crippen molar-refractivity contribution in [1.82, 2.24) is 5.32 Å². The Morgan fingerprint density at radius 3 is 2.33 bits per heavy atom. The van der Waals surface area contributed by atoms with Crippen molar-refractivity contribution in [3.63, 3.8) is 0 Å². The maximum Gasteiger partial charge on any atom is 0.0808 e. The molecule has 1 heterocycles. The summed E-state index contributed by atoms with van der Waals surface area (Å²) in [6.07, 6.45) is 11.7. The first-order chi connectivity index (χ1) is 9.99. The number of nitrogens with one attached hydrogen (secondary N) is 1. The Morgan fingerprint density at radius 1 is 1.05 bits per heavy atom. The molecule has 0 spiro atoms. The SMILES string of the molecule is CC(C)(C)NCC1(OCC2CCCCO2)CCCCCC1. The molecule has 2 rings (SSSR count). The fourth-order valence-corrected chi connectivity index (χ4v) is 3.38. The second-order valence-corrected chi connectivity index (χ2v) is 8.00. The van der Waals surface area contributed by atoms with Gasteiger partial charge in [-0.15, -0.1) is 0 Å². The lowest BCUT2D eigenvalue weighted by molar-refractivity contribution is -0.113. The van der Waals surface area contributed by atoms with Crippen molar-refractivity contribution in [2.45, 2.75) is 95.8 Å². The summed E-state index contributed by atoms with van der Waals surface area (Å²) in [5.41, 5.74) is 0.189. The zero-order valence-corrected chi connectivity index (χ0v) is 14.4. The van der Waals surface area contributed by atoms with Gasteiger partial charge in [-0.2, -0.15) is 0 Å². The van der Waals surface area contributed by atoms with Crippen LogP contribution in [-0.4, -0.2) is 37.0 Å². The summed E-state index contributed by atoms with van der Waals surface area (Å²) in [7, 11) is 0. The largest absolute Gasteiger partial charge is 0.376 e. The maximum atomic E-state index is 6.50. The van der Waals surface area contributed by atoms with Gasteiger partial charge in [0, 0.05) is 18.7 Å². The minimum absolute atomic E-state index is 0.0323. The topological polar surface area (TPSA) is 30.5 Å². The van der Waals surface area contributed by atoms with E-state index in [4.69, 9.17) is 9.47 Å². The maximum absolute atomic E-state index is 6.50. The second-order valence-electron chi connectivity index (χ2n) is 8.00. The molecule has 1 saturated carbocycles. The zero-order valence-electron chi connectivity index (χ0n) is 14.4. The van der Waals surface area contributed by atoms with Crippen LogP contribution >= 0.6 is 0 Å². The van der Waals surface area contributed by atoms with E-state index in [1.54, 1.807) is 0 Å². The van der Waals surface area contributed by atoms with Gasteiger partial charge in [-0.05, 0) is 52.9 Å². The monoisotopic (exact) mass is 297 g/mol. The Hall–Kier alpha value is -0.120. The van der Waals surface area contributed by atoms with E-state index in [2.05, 4.69) is 26.1 Å². The van der Waals surface area contributed by atoms with Crippen LogP contribution in [0.5, 0.6) is 0 Å². The standard InChI is InChI=1S/C18H35NO2/c1-17(2,3)19-15-18(11-7-4-5-8-12-18)21-14-16-10-6-9-13-20-16/h16,19H,4-15H2,1-3H3. The molecule has 0 radical (unpaired) electrons. The lowest BCUT2D eigenvalue weighted by Crippen LogP contribution is -2.50. The Labute approximate surface area is 131 Å². The summed E-state index contributed by atoms with van der Waals surface area (Å²) in [5.74, 6) is 0. The minimum atomic E-state index is 0.0323. The van der Waals surface area contributed by atoms with E-state index >= 15 is 0 Å². The molecule has 1 saturated heterocycles. The molecular weight excluding hydrogens is 262 g/mol. The summed E-state index contributed by atoms with van der Waals surface area (Å²) in [6.45, 7) is 9.39. The first-order valence-corrected chi connectivity index (χ1v) is 9.00. The van der Waals surface area contributed by atoms with Crippen molar-refractivity contribution >= 4 is 0 Å². The summed E-state index contributed by atoms with van der Waals surface area (Å²) in [4.78, 5) is 0. The molecule has 3 nitrogen and oxygen atoms in total. The molecule has 0 amide bonds. The Kier molecular flexibility index (Phi) is 6.51. The van der Waals surface area contributed by atoms with E-state index in [-0.39, 0.29) is 11.1 Å². The van der Waals surface area contributed by atoms with Crippen molar-refractivity contribution in [3.8, 4) is 0 Å². The van der Waals surface area contributed by atoms with Gasteiger partial charge in [-0.3, -0.25) is 0 Å². The highest BCUT2D eigenvalue weighted by molar-refractivity contribution is 4.88. The molecule has 21 heavy (non-hydrogen) atoms. The van der Waals surface area contributed by atoms with Crippen LogP contribution in [0.3, 0.4) is 0 Å². The van der Waals surface area contributed by atoms with Crippen LogP contribution in [0.4, 0.5) is 0 Å². The highest BCUT2D eigenvalue weighted by atomic mass is 16.5. The van der Waals surface area contributed by atoms with E-state index in [0.29, 0.717) is 6.10 Å². The van der Waals surface area contributed by atoms with Gasteiger partial charge < -0.3 is 14.8 Å². The van der Waals surface area contributed by atoms with Crippen LogP contribution in [0.15, 0.2) is 0 Å². The zero-order chi connectivity index (χ0) is 15.2. The molecule has 2 fully saturated rings. The first-order valence-electron chi connectivity index (χ1n) is 9.00. The molecule has 1 unspecified atom stereocenters. The Balaban J connectivity index is 1.89. The third-order valence-electron chi connectivity index (χ3n) is 4.81. The predicted molar refractivity (Wildman–Crippen MR) is 87.7 cm³/mol. The summed E-state index contributed by atoms with van der Waals surface area (Å²) in [5, 5.41) is 3.68. The second kappa shape index (κ2) is 7.94. The van der Waals surface area contributed by atoms with Crippen molar-refractivity contribution in [3.05, 3.63) is 0 Å². The molecular formula is C18H35NO2. The Bertz CT molecular complexity index is 284. The van der Waals surface area contributed by atoms with Gasteiger partial charge >= 0.3 is 0 Å².